The van der Waals surface area contributed by atoms with Crippen molar-refractivity contribution in [3.63, 3.8) is 0 Å². The van der Waals surface area contributed by atoms with Crippen LogP contribution in [-0.4, -0.2) is 23.9 Å². The Hall–Kier alpha value is -2.82. The second-order valence-electron chi connectivity index (χ2n) is 6.44. The van der Waals surface area contributed by atoms with E-state index in [1.54, 1.807) is 30.5 Å². The summed E-state index contributed by atoms with van der Waals surface area (Å²) >= 11 is 0. The molecule has 0 fully saturated rings. The zero-order chi connectivity index (χ0) is 19.3. The van der Waals surface area contributed by atoms with Gasteiger partial charge in [0.2, 0.25) is 0 Å². The fourth-order valence-corrected chi connectivity index (χ4v) is 2.63. The first-order valence-corrected chi connectivity index (χ1v) is 9.54. The third-order valence-corrected chi connectivity index (χ3v) is 4.16. The highest BCUT2D eigenvalue weighted by molar-refractivity contribution is 5.88. The Morgan fingerprint density at radius 1 is 1.07 bits per heavy atom. The van der Waals surface area contributed by atoms with Crippen LogP contribution in [0.4, 0.5) is 5.69 Å². The first kappa shape index (κ1) is 20.5. The summed E-state index contributed by atoms with van der Waals surface area (Å²) in [5.41, 5.74) is 4.63. The molecule has 5 nitrogen and oxygen atoms in total. The number of carbonyl (C=O) groups is 1. The Morgan fingerprint density at radius 2 is 1.81 bits per heavy atom. The van der Waals surface area contributed by atoms with Gasteiger partial charge in [0.15, 0.2) is 0 Å². The average Bonchev–Trinajstić information content (AvgIpc) is 2.68. The van der Waals surface area contributed by atoms with Gasteiger partial charge in [-0.3, -0.25) is 5.43 Å². The molecule has 0 aliphatic heterocycles. The number of nitrogens with one attached hydrogen (secondary N) is 1. The van der Waals surface area contributed by atoms with E-state index >= 15 is 0 Å². The normalized spacial score (nSPS) is 10.9. The van der Waals surface area contributed by atoms with E-state index in [9.17, 15) is 4.79 Å². The lowest BCUT2D eigenvalue weighted by Crippen LogP contribution is -1.98. The van der Waals surface area contributed by atoms with Crippen LogP contribution in [0, 0.1) is 0 Å². The summed E-state index contributed by atoms with van der Waals surface area (Å²) in [6, 6.07) is 14.3. The van der Waals surface area contributed by atoms with Crippen LogP contribution in [0.3, 0.4) is 0 Å². The Bertz CT molecular complexity index is 727. The number of hydrogen-bond donors (Lipinski definition) is 2. The van der Waals surface area contributed by atoms with Gasteiger partial charge in [-0.2, -0.15) is 5.10 Å². The van der Waals surface area contributed by atoms with E-state index in [0.29, 0.717) is 5.69 Å². The van der Waals surface area contributed by atoms with Crippen molar-refractivity contribution in [3.05, 3.63) is 59.7 Å². The summed E-state index contributed by atoms with van der Waals surface area (Å²) in [6.45, 7) is 2.98. The standard InChI is InChI=1S/C22H28N2O3/c1-2-3-4-5-6-7-15-27-21-13-11-18(12-14-21)17-23-24-20-10-8-9-19(16-20)22(25)26/h8-14,16-17,24H,2-7,15H2,1H3,(H,25,26)/b23-17+. The molecular formula is C22H28N2O3. The van der Waals surface area contributed by atoms with Crippen molar-refractivity contribution in [1.29, 1.82) is 0 Å². The Labute approximate surface area is 161 Å². The molecule has 0 heterocycles. The van der Waals surface area contributed by atoms with E-state index in [-0.39, 0.29) is 5.56 Å². The molecule has 2 rings (SSSR count). The van der Waals surface area contributed by atoms with Crippen molar-refractivity contribution < 1.29 is 14.6 Å². The third-order valence-electron chi connectivity index (χ3n) is 4.16. The van der Waals surface area contributed by atoms with Gasteiger partial charge in [-0.15, -0.1) is 0 Å². The molecule has 144 valence electrons. The molecule has 2 N–H and O–H groups in total. The summed E-state index contributed by atoms with van der Waals surface area (Å²) in [7, 11) is 0. The summed E-state index contributed by atoms with van der Waals surface area (Å²) in [5, 5.41) is 13.1. The predicted molar refractivity (Wildman–Crippen MR) is 110 cm³/mol. The van der Waals surface area contributed by atoms with Crippen molar-refractivity contribution in [2.75, 3.05) is 12.0 Å². The fraction of sp³-hybridized carbons (Fsp3) is 0.364. The molecule has 0 bridgehead atoms. The minimum atomic E-state index is -0.959. The van der Waals surface area contributed by atoms with E-state index < -0.39 is 5.97 Å². The van der Waals surface area contributed by atoms with Gasteiger partial charge in [0.1, 0.15) is 5.75 Å². The molecule has 0 aliphatic rings. The van der Waals surface area contributed by atoms with Gasteiger partial charge in [0, 0.05) is 0 Å². The maximum Gasteiger partial charge on any atom is 0.335 e. The van der Waals surface area contributed by atoms with E-state index in [2.05, 4.69) is 17.5 Å². The van der Waals surface area contributed by atoms with Gasteiger partial charge < -0.3 is 9.84 Å². The second kappa shape index (κ2) is 11.7. The molecule has 2 aromatic carbocycles. The first-order valence-electron chi connectivity index (χ1n) is 9.54. The van der Waals surface area contributed by atoms with E-state index in [1.807, 2.05) is 24.3 Å². The molecule has 2 aromatic rings. The first-order chi connectivity index (χ1) is 13.2. The van der Waals surface area contributed by atoms with Crippen molar-refractivity contribution >= 4 is 17.9 Å². The second-order valence-corrected chi connectivity index (χ2v) is 6.44. The summed E-state index contributed by atoms with van der Waals surface area (Å²) in [4.78, 5) is 11.0. The largest absolute Gasteiger partial charge is 0.494 e. The lowest BCUT2D eigenvalue weighted by molar-refractivity contribution is 0.0697. The minimum Gasteiger partial charge on any atom is -0.494 e. The average molecular weight is 368 g/mol. The number of anilines is 1. The number of benzene rings is 2. The third kappa shape index (κ3) is 7.94. The highest BCUT2D eigenvalue weighted by Gasteiger charge is 2.02. The van der Waals surface area contributed by atoms with Crippen LogP contribution in [-0.2, 0) is 0 Å². The SMILES string of the molecule is CCCCCCCCOc1ccc(/C=N/Nc2cccc(C(=O)O)c2)cc1. The number of carboxylic acids is 1. The van der Waals surface area contributed by atoms with Gasteiger partial charge in [0.05, 0.1) is 24.1 Å². The molecule has 0 saturated heterocycles. The maximum absolute atomic E-state index is 11.0. The van der Waals surface area contributed by atoms with Crippen LogP contribution < -0.4 is 10.2 Å². The summed E-state index contributed by atoms with van der Waals surface area (Å²) in [6.07, 6.45) is 9.20. The molecule has 5 heteroatoms. The van der Waals surface area contributed by atoms with Gasteiger partial charge in [-0.05, 0) is 54.4 Å². The zero-order valence-electron chi connectivity index (χ0n) is 15.9. The van der Waals surface area contributed by atoms with Crippen molar-refractivity contribution in [1.82, 2.24) is 0 Å². The molecule has 27 heavy (non-hydrogen) atoms. The lowest BCUT2D eigenvalue weighted by atomic mass is 10.1. The number of nitrogens with zero attached hydrogens (tertiary/aromatic N) is 1. The number of rotatable bonds is 12. The van der Waals surface area contributed by atoms with Crippen molar-refractivity contribution in [2.24, 2.45) is 5.10 Å². The van der Waals surface area contributed by atoms with Gasteiger partial charge in [-0.1, -0.05) is 45.1 Å². The molecule has 0 unspecified atom stereocenters. The molecule has 0 atom stereocenters. The molecule has 0 aliphatic carbocycles. The predicted octanol–water partition coefficient (Wildman–Crippen LogP) is 5.57. The van der Waals surface area contributed by atoms with Crippen LogP contribution >= 0.6 is 0 Å². The van der Waals surface area contributed by atoms with Crippen LogP contribution in [0.5, 0.6) is 5.75 Å². The van der Waals surface area contributed by atoms with Crippen LogP contribution in [0.15, 0.2) is 53.6 Å². The lowest BCUT2D eigenvalue weighted by Gasteiger charge is -2.06. The number of unbranched alkanes of at least 4 members (excludes halogenated alkanes) is 5. The van der Waals surface area contributed by atoms with Crippen LogP contribution in [0.25, 0.3) is 0 Å². The van der Waals surface area contributed by atoms with E-state index in [4.69, 9.17) is 9.84 Å². The minimum absolute atomic E-state index is 0.224. The number of ether oxygens (including phenoxy) is 1. The van der Waals surface area contributed by atoms with Crippen molar-refractivity contribution in [2.45, 2.75) is 45.4 Å². The summed E-state index contributed by atoms with van der Waals surface area (Å²) < 4.78 is 5.76. The molecule has 0 amide bonds. The quantitative estimate of drug-likeness (QED) is 0.292. The van der Waals surface area contributed by atoms with Crippen LogP contribution in [0.1, 0.15) is 61.4 Å². The Balaban J connectivity index is 1.72. The molecule has 0 radical (unpaired) electrons. The van der Waals surface area contributed by atoms with Crippen LogP contribution in [0.2, 0.25) is 0 Å². The molecule has 0 saturated carbocycles. The number of hydrogen-bond acceptors (Lipinski definition) is 4. The van der Waals surface area contributed by atoms with Gasteiger partial charge in [0.25, 0.3) is 0 Å². The fourth-order valence-electron chi connectivity index (χ4n) is 2.63. The molecular weight excluding hydrogens is 340 g/mol. The zero-order valence-corrected chi connectivity index (χ0v) is 15.9. The highest BCUT2D eigenvalue weighted by Crippen LogP contribution is 2.13. The number of aromatic carboxylic acids is 1. The summed E-state index contributed by atoms with van der Waals surface area (Å²) in [5.74, 6) is -0.0954. The van der Waals surface area contributed by atoms with Gasteiger partial charge >= 0.3 is 5.97 Å². The topological polar surface area (TPSA) is 70.9 Å². The maximum atomic E-state index is 11.0. The smallest absolute Gasteiger partial charge is 0.335 e. The number of hydrazone groups is 1. The molecule has 0 spiro atoms. The van der Waals surface area contributed by atoms with E-state index in [1.165, 1.54) is 32.1 Å². The Morgan fingerprint density at radius 3 is 2.56 bits per heavy atom. The monoisotopic (exact) mass is 368 g/mol. The number of carboxylic acid groups (broad SMARTS) is 1. The van der Waals surface area contributed by atoms with E-state index in [0.717, 1.165) is 24.3 Å². The van der Waals surface area contributed by atoms with Crippen molar-refractivity contribution in [3.8, 4) is 5.75 Å². The molecule has 0 aromatic heterocycles. The highest BCUT2D eigenvalue weighted by atomic mass is 16.5. The van der Waals surface area contributed by atoms with Gasteiger partial charge in [-0.25, -0.2) is 4.79 Å². The Kier molecular flexibility index (Phi) is 8.90.